The predicted octanol–water partition coefficient (Wildman–Crippen LogP) is 3.47. The Kier molecular flexibility index (Phi) is 7.73. The first kappa shape index (κ1) is 24.5. The molecule has 0 spiro atoms. The van der Waals surface area contributed by atoms with E-state index in [4.69, 9.17) is 17.0 Å². The van der Waals surface area contributed by atoms with Gasteiger partial charge in [0.25, 0.3) is 15.9 Å². The molecule has 34 heavy (non-hydrogen) atoms. The van der Waals surface area contributed by atoms with Crippen LogP contribution in [-0.4, -0.2) is 38.1 Å². The Morgan fingerprint density at radius 3 is 2.56 bits per heavy atom. The number of carbonyl (C=O) groups is 1. The van der Waals surface area contributed by atoms with Crippen LogP contribution in [0.15, 0.2) is 47.4 Å². The summed E-state index contributed by atoms with van der Waals surface area (Å²) in [4.78, 5) is 12.8. The number of thiocarbonyl (C=S) groups is 1. The fourth-order valence-corrected chi connectivity index (χ4v) is 5.92. The quantitative estimate of drug-likeness (QED) is 0.503. The summed E-state index contributed by atoms with van der Waals surface area (Å²) in [6.07, 6.45) is 6.96. The van der Waals surface area contributed by atoms with Crippen molar-refractivity contribution < 1.29 is 17.9 Å². The van der Waals surface area contributed by atoms with Crippen LogP contribution in [0.2, 0.25) is 0 Å². The fraction of sp³-hybridized carbons (Fsp3) is 0.440. The number of fused-ring (bicyclic) bond motifs is 1. The topological polar surface area (TPSA) is 96.5 Å². The number of hydrogen-bond donors (Lipinski definition) is 3. The Balaban J connectivity index is 1.28. The van der Waals surface area contributed by atoms with Gasteiger partial charge in [0.05, 0.1) is 10.5 Å². The van der Waals surface area contributed by atoms with E-state index in [0.29, 0.717) is 24.3 Å². The normalized spacial score (nSPS) is 18.0. The van der Waals surface area contributed by atoms with Gasteiger partial charge in [-0.05, 0) is 67.7 Å². The van der Waals surface area contributed by atoms with Gasteiger partial charge in [-0.2, -0.15) is 0 Å². The molecule has 7 nitrogen and oxygen atoms in total. The molecular weight excluding hydrogens is 470 g/mol. The van der Waals surface area contributed by atoms with E-state index in [2.05, 4.69) is 15.4 Å². The van der Waals surface area contributed by atoms with Crippen molar-refractivity contribution in [1.29, 1.82) is 0 Å². The number of hydrogen-bond acceptors (Lipinski definition) is 5. The predicted molar refractivity (Wildman–Crippen MR) is 136 cm³/mol. The van der Waals surface area contributed by atoms with Gasteiger partial charge in [0, 0.05) is 19.0 Å². The zero-order chi connectivity index (χ0) is 24.1. The molecule has 1 heterocycles. The lowest BCUT2D eigenvalue weighted by Crippen LogP contribution is -2.44. The van der Waals surface area contributed by atoms with Crippen molar-refractivity contribution in [1.82, 2.24) is 15.4 Å². The second-order valence-electron chi connectivity index (χ2n) is 8.99. The van der Waals surface area contributed by atoms with Crippen molar-refractivity contribution in [3.05, 3.63) is 59.2 Å². The van der Waals surface area contributed by atoms with Crippen LogP contribution < -0.4 is 20.1 Å². The molecule has 182 valence electrons. The molecule has 0 bridgehead atoms. The van der Waals surface area contributed by atoms with Gasteiger partial charge in [0.2, 0.25) is 0 Å². The zero-order valence-electron chi connectivity index (χ0n) is 19.3. The highest BCUT2D eigenvalue weighted by atomic mass is 32.2. The van der Waals surface area contributed by atoms with Crippen LogP contribution in [0, 0.1) is 0 Å². The zero-order valence-corrected chi connectivity index (χ0v) is 20.9. The monoisotopic (exact) mass is 501 g/mol. The number of sulfonamides is 1. The van der Waals surface area contributed by atoms with Crippen molar-refractivity contribution in [3.63, 3.8) is 0 Å². The minimum absolute atomic E-state index is 0.0747. The van der Waals surface area contributed by atoms with Crippen molar-refractivity contribution in [3.8, 4) is 5.75 Å². The summed E-state index contributed by atoms with van der Waals surface area (Å²) in [6, 6.07) is 12.5. The first-order valence-corrected chi connectivity index (χ1v) is 13.7. The van der Waals surface area contributed by atoms with Gasteiger partial charge in [0.1, 0.15) is 11.9 Å². The first-order valence-electron chi connectivity index (χ1n) is 11.8. The lowest BCUT2D eigenvalue weighted by atomic mass is 9.96. The van der Waals surface area contributed by atoms with E-state index in [1.54, 1.807) is 30.3 Å². The summed E-state index contributed by atoms with van der Waals surface area (Å²) in [7, 11) is -3.74. The van der Waals surface area contributed by atoms with Gasteiger partial charge in [-0.1, -0.05) is 43.5 Å². The summed E-state index contributed by atoms with van der Waals surface area (Å²) in [5.74, 6) is 0.499. The molecule has 2 aromatic carbocycles. The van der Waals surface area contributed by atoms with Crippen LogP contribution >= 0.6 is 12.2 Å². The highest BCUT2D eigenvalue weighted by molar-refractivity contribution is 7.91. The van der Waals surface area contributed by atoms with E-state index >= 15 is 0 Å². The summed E-state index contributed by atoms with van der Waals surface area (Å²) in [6.45, 7) is 2.42. The summed E-state index contributed by atoms with van der Waals surface area (Å²) in [5.41, 5.74) is 2.52. The molecule has 1 amide bonds. The molecule has 1 atom stereocenters. The second-order valence-corrected chi connectivity index (χ2v) is 11.1. The second kappa shape index (κ2) is 10.7. The van der Waals surface area contributed by atoms with E-state index in [0.717, 1.165) is 43.2 Å². The number of amides is 1. The Morgan fingerprint density at radius 2 is 1.82 bits per heavy atom. The molecule has 3 N–H and O–H groups in total. The van der Waals surface area contributed by atoms with Gasteiger partial charge in [-0.15, -0.1) is 0 Å². The summed E-state index contributed by atoms with van der Waals surface area (Å²) >= 11 is 5.22. The van der Waals surface area contributed by atoms with Crippen molar-refractivity contribution in [2.24, 2.45) is 0 Å². The molecule has 1 aliphatic heterocycles. The number of nitrogens with one attached hydrogen (secondary N) is 3. The van der Waals surface area contributed by atoms with E-state index in [1.165, 1.54) is 6.42 Å². The molecule has 0 radical (unpaired) electrons. The average molecular weight is 502 g/mol. The van der Waals surface area contributed by atoms with Crippen LogP contribution in [0.3, 0.4) is 0 Å². The van der Waals surface area contributed by atoms with Crippen LogP contribution in [0.5, 0.6) is 5.75 Å². The highest BCUT2D eigenvalue weighted by Gasteiger charge is 2.24. The Labute approximate surface area is 206 Å². The maximum absolute atomic E-state index is 12.7. The average Bonchev–Trinajstić information content (AvgIpc) is 3.19. The number of ether oxygens (including phenoxy) is 1. The molecule has 4 rings (SSSR count). The van der Waals surface area contributed by atoms with Crippen molar-refractivity contribution in [2.45, 2.75) is 68.9 Å². The van der Waals surface area contributed by atoms with Crippen LogP contribution in [0.4, 0.5) is 0 Å². The summed E-state index contributed by atoms with van der Waals surface area (Å²) in [5, 5.41) is 6.19. The van der Waals surface area contributed by atoms with Crippen molar-refractivity contribution in [2.75, 3.05) is 6.54 Å². The molecule has 1 aliphatic carbocycles. The number of benzene rings is 2. The SMILES string of the molecule is CC1Cc2cccc(C(=O)NCCc3ccc(S(=O)(=O)NC(=S)NC4CCCCC4)cc3)c2O1. The maximum Gasteiger partial charge on any atom is 0.263 e. The highest BCUT2D eigenvalue weighted by Crippen LogP contribution is 2.32. The van der Waals surface area contributed by atoms with Gasteiger partial charge in [0.15, 0.2) is 5.11 Å². The van der Waals surface area contributed by atoms with Gasteiger partial charge in [-0.25, -0.2) is 8.42 Å². The third kappa shape index (κ3) is 6.07. The maximum atomic E-state index is 12.7. The Morgan fingerprint density at radius 1 is 1.09 bits per heavy atom. The molecular formula is C25H31N3O4S2. The van der Waals surface area contributed by atoms with E-state index in [9.17, 15) is 13.2 Å². The summed E-state index contributed by atoms with van der Waals surface area (Å²) < 4.78 is 33.6. The molecule has 9 heteroatoms. The Bertz CT molecular complexity index is 1140. The molecule has 1 fully saturated rings. The van der Waals surface area contributed by atoms with Gasteiger partial charge < -0.3 is 15.4 Å². The molecule has 0 saturated heterocycles. The Hall–Kier alpha value is -2.65. The molecule has 2 aliphatic rings. The number of carbonyl (C=O) groups excluding carboxylic acids is 1. The van der Waals surface area contributed by atoms with Crippen molar-refractivity contribution >= 4 is 33.3 Å². The third-order valence-corrected chi connectivity index (χ3v) is 7.98. The minimum atomic E-state index is -3.74. The molecule has 2 aromatic rings. The third-order valence-electron chi connectivity index (χ3n) is 6.27. The smallest absolute Gasteiger partial charge is 0.263 e. The van der Waals surface area contributed by atoms with E-state index in [1.807, 2.05) is 19.1 Å². The standard InChI is InChI=1S/C25H31N3O4S2/c1-17-16-19-6-5-9-22(23(19)32-17)24(29)26-15-14-18-10-12-21(13-11-18)34(30,31)28-25(33)27-20-7-3-2-4-8-20/h5-6,9-13,17,20H,2-4,7-8,14-16H2,1H3,(H,26,29)(H2,27,28,33). The molecule has 1 saturated carbocycles. The molecule has 0 aromatic heterocycles. The largest absolute Gasteiger partial charge is 0.489 e. The van der Waals surface area contributed by atoms with Gasteiger partial charge >= 0.3 is 0 Å². The van der Waals surface area contributed by atoms with E-state index in [-0.39, 0.29) is 28.1 Å². The van der Waals surface area contributed by atoms with E-state index < -0.39 is 10.0 Å². The van der Waals surface area contributed by atoms with Crippen LogP contribution in [-0.2, 0) is 22.9 Å². The lowest BCUT2D eigenvalue weighted by molar-refractivity contribution is 0.0949. The lowest BCUT2D eigenvalue weighted by Gasteiger charge is -2.24. The fourth-order valence-electron chi connectivity index (χ4n) is 4.51. The minimum Gasteiger partial charge on any atom is -0.489 e. The number of para-hydroxylation sites is 1. The van der Waals surface area contributed by atoms with Crippen LogP contribution in [0.25, 0.3) is 0 Å². The number of rotatable bonds is 7. The molecule has 1 unspecified atom stereocenters. The van der Waals surface area contributed by atoms with Crippen LogP contribution in [0.1, 0.15) is 60.5 Å². The van der Waals surface area contributed by atoms with Gasteiger partial charge in [-0.3, -0.25) is 9.52 Å². The first-order chi connectivity index (χ1) is 16.3.